The second-order valence-corrected chi connectivity index (χ2v) is 8.07. The molecule has 2 aliphatic heterocycles. The van der Waals surface area contributed by atoms with E-state index in [-0.39, 0.29) is 0 Å². The summed E-state index contributed by atoms with van der Waals surface area (Å²) >= 11 is 3.32. The number of hydrogen-bond donors (Lipinski definition) is 1. The highest BCUT2D eigenvalue weighted by molar-refractivity contribution is 9.10. The monoisotopic (exact) mass is 359 g/mol. The number of piperazine rings is 1. The van der Waals surface area contributed by atoms with Crippen LogP contribution in [0.4, 0.5) is 0 Å². The highest BCUT2D eigenvalue weighted by atomic mass is 79.9. The van der Waals surface area contributed by atoms with Gasteiger partial charge in [-0.25, -0.2) is 8.42 Å². The third-order valence-corrected chi connectivity index (χ3v) is 6.25. The van der Waals surface area contributed by atoms with Crippen LogP contribution in [0.3, 0.4) is 0 Å². The fraction of sp³-hybridized carbons (Fsp3) is 0.538. The van der Waals surface area contributed by atoms with E-state index in [0.29, 0.717) is 24.0 Å². The number of hydrogen-bond acceptors (Lipinski definition) is 4. The van der Waals surface area contributed by atoms with Crippen molar-refractivity contribution in [2.75, 3.05) is 39.3 Å². The molecule has 1 N–H and O–H groups in total. The van der Waals surface area contributed by atoms with Gasteiger partial charge in [0.25, 0.3) is 0 Å². The van der Waals surface area contributed by atoms with E-state index in [4.69, 9.17) is 0 Å². The first kappa shape index (κ1) is 14.5. The van der Waals surface area contributed by atoms with E-state index in [2.05, 4.69) is 26.1 Å². The molecule has 110 valence electrons. The van der Waals surface area contributed by atoms with Crippen molar-refractivity contribution in [1.29, 1.82) is 0 Å². The SMILES string of the molecule is O=S(=O)(c1cccc(Br)c1)N1CC(N2CCNCC2)C1. The molecule has 0 bridgehead atoms. The lowest BCUT2D eigenvalue weighted by Gasteiger charge is -2.45. The van der Waals surface area contributed by atoms with Crippen LogP contribution in [-0.2, 0) is 10.0 Å². The van der Waals surface area contributed by atoms with Crippen molar-refractivity contribution in [2.24, 2.45) is 0 Å². The molecule has 7 heteroatoms. The summed E-state index contributed by atoms with van der Waals surface area (Å²) in [5.74, 6) is 0. The molecule has 2 fully saturated rings. The minimum absolute atomic E-state index is 0.366. The van der Waals surface area contributed by atoms with Gasteiger partial charge in [0.15, 0.2) is 0 Å². The number of sulfonamides is 1. The van der Waals surface area contributed by atoms with Crippen molar-refractivity contribution in [2.45, 2.75) is 10.9 Å². The predicted molar refractivity (Wildman–Crippen MR) is 81.1 cm³/mol. The van der Waals surface area contributed by atoms with Crippen molar-refractivity contribution in [1.82, 2.24) is 14.5 Å². The van der Waals surface area contributed by atoms with Crippen molar-refractivity contribution in [3.8, 4) is 0 Å². The molecule has 5 nitrogen and oxygen atoms in total. The molecule has 2 aliphatic rings. The van der Waals surface area contributed by atoms with Gasteiger partial charge in [0.2, 0.25) is 10.0 Å². The Labute approximate surface area is 128 Å². The summed E-state index contributed by atoms with van der Waals surface area (Å²) in [5, 5.41) is 3.31. The largest absolute Gasteiger partial charge is 0.314 e. The summed E-state index contributed by atoms with van der Waals surface area (Å²) in [6.45, 7) is 5.22. The van der Waals surface area contributed by atoms with E-state index in [1.165, 1.54) is 0 Å². The first-order valence-electron chi connectivity index (χ1n) is 6.78. The molecule has 0 saturated carbocycles. The van der Waals surface area contributed by atoms with Gasteiger partial charge < -0.3 is 5.32 Å². The van der Waals surface area contributed by atoms with Gasteiger partial charge in [0.05, 0.1) is 4.90 Å². The maximum Gasteiger partial charge on any atom is 0.243 e. The molecule has 2 saturated heterocycles. The lowest BCUT2D eigenvalue weighted by atomic mass is 10.1. The quantitative estimate of drug-likeness (QED) is 0.864. The van der Waals surface area contributed by atoms with Crippen LogP contribution in [0.5, 0.6) is 0 Å². The summed E-state index contributed by atoms with van der Waals surface area (Å²) < 4.78 is 27.3. The Morgan fingerprint density at radius 2 is 1.90 bits per heavy atom. The van der Waals surface area contributed by atoms with Gasteiger partial charge >= 0.3 is 0 Å². The molecule has 0 amide bonds. The molecule has 0 atom stereocenters. The lowest BCUT2D eigenvalue weighted by Crippen LogP contribution is -2.63. The minimum atomic E-state index is -3.34. The number of nitrogens with zero attached hydrogens (tertiary/aromatic N) is 2. The summed E-state index contributed by atoms with van der Waals surface area (Å²) in [5.41, 5.74) is 0. The smallest absolute Gasteiger partial charge is 0.243 e. The summed E-state index contributed by atoms with van der Waals surface area (Å²) in [4.78, 5) is 2.74. The fourth-order valence-corrected chi connectivity index (χ4v) is 4.78. The lowest BCUT2D eigenvalue weighted by molar-refractivity contribution is 0.0773. The van der Waals surface area contributed by atoms with E-state index < -0.39 is 10.0 Å². The highest BCUT2D eigenvalue weighted by Crippen LogP contribution is 2.26. The molecule has 3 rings (SSSR count). The first-order chi connectivity index (χ1) is 9.57. The highest BCUT2D eigenvalue weighted by Gasteiger charge is 2.39. The Kier molecular flexibility index (Phi) is 4.14. The Hall–Kier alpha value is -0.470. The van der Waals surface area contributed by atoms with Crippen LogP contribution < -0.4 is 5.32 Å². The molecule has 1 aromatic rings. The Bertz CT molecular complexity index is 581. The maximum atomic E-state index is 12.5. The third-order valence-electron chi connectivity index (χ3n) is 3.93. The summed E-state index contributed by atoms with van der Waals surface area (Å²) in [6.07, 6.45) is 0. The van der Waals surface area contributed by atoms with Crippen molar-refractivity contribution >= 4 is 26.0 Å². The average Bonchev–Trinajstić information content (AvgIpc) is 2.38. The molecule has 2 heterocycles. The van der Waals surface area contributed by atoms with E-state index >= 15 is 0 Å². The fourth-order valence-electron chi connectivity index (χ4n) is 2.67. The molecule has 0 aliphatic carbocycles. The van der Waals surface area contributed by atoms with Gasteiger partial charge in [-0.3, -0.25) is 4.90 Å². The Morgan fingerprint density at radius 1 is 1.20 bits per heavy atom. The number of benzene rings is 1. The topological polar surface area (TPSA) is 52.7 Å². The molecule has 0 unspecified atom stereocenters. The average molecular weight is 360 g/mol. The molecule has 0 spiro atoms. The zero-order valence-electron chi connectivity index (χ0n) is 11.1. The van der Waals surface area contributed by atoms with Crippen LogP contribution in [-0.4, -0.2) is 62.9 Å². The summed E-state index contributed by atoms with van der Waals surface area (Å²) in [7, 11) is -3.34. The maximum absolute atomic E-state index is 12.5. The second kappa shape index (κ2) is 5.73. The van der Waals surface area contributed by atoms with Gasteiger partial charge in [-0.15, -0.1) is 0 Å². The zero-order chi connectivity index (χ0) is 14.2. The van der Waals surface area contributed by atoms with Crippen LogP contribution in [0.2, 0.25) is 0 Å². The standard InChI is InChI=1S/C13H18BrN3O2S/c14-11-2-1-3-13(8-11)20(18,19)17-9-12(10-17)16-6-4-15-5-7-16/h1-3,8,12,15H,4-7,9-10H2. The van der Waals surface area contributed by atoms with Crippen LogP contribution >= 0.6 is 15.9 Å². The van der Waals surface area contributed by atoms with E-state index in [9.17, 15) is 8.42 Å². The Balaban J connectivity index is 1.66. The Morgan fingerprint density at radius 3 is 2.55 bits per heavy atom. The van der Waals surface area contributed by atoms with Gasteiger partial charge in [-0.05, 0) is 18.2 Å². The zero-order valence-corrected chi connectivity index (χ0v) is 13.5. The van der Waals surface area contributed by atoms with Crippen LogP contribution in [0.1, 0.15) is 0 Å². The van der Waals surface area contributed by atoms with E-state index in [1.807, 2.05) is 6.07 Å². The molecular weight excluding hydrogens is 342 g/mol. The van der Waals surface area contributed by atoms with Gasteiger partial charge in [-0.1, -0.05) is 22.0 Å². The second-order valence-electron chi connectivity index (χ2n) is 5.22. The predicted octanol–water partition coefficient (Wildman–Crippen LogP) is 0.727. The molecule has 0 aromatic heterocycles. The van der Waals surface area contributed by atoms with Crippen LogP contribution in [0.25, 0.3) is 0 Å². The minimum Gasteiger partial charge on any atom is -0.314 e. The number of nitrogens with one attached hydrogen (secondary N) is 1. The van der Waals surface area contributed by atoms with Crippen molar-refractivity contribution < 1.29 is 8.42 Å². The van der Waals surface area contributed by atoms with Gasteiger partial charge in [0.1, 0.15) is 0 Å². The molecular formula is C13H18BrN3O2S. The molecule has 0 radical (unpaired) electrons. The normalized spacial score (nSPS) is 22.6. The van der Waals surface area contributed by atoms with Crippen molar-refractivity contribution in [3.63, 3.8) is 0 Å². The molecule has 1 aromatic carbocycles. The van der Waals surface area contributed by atoms with Crippen LogP contribution in [0, 0.1) is 0 Å². The van der Waals surface area contributed by atoms with Crippen LogP contribution in [0.15, 0.2) is 33.6 Å². The third kappa shape index (κ3) is 2.78. The number of halogens is 1. The van der Waals surface area contributed by atoms with E-state index in [0.717, 1.165) is 30.7 Å². The first-order valence-corrected chi connectivity index (χ1v) is 9.01. The summed E-state index contributed by atoms with van der Waals surface area (Å²) in [6, 6.07) is 7.27. The van der Waals surface area contributed by atoms with E-state index in [1.54, 1.807) is 22.5 Å². The number of rotatable bonds is 3. The van der Waals surface area contributed by atoms with Crippen molar-refractivity contribution in [3.05, 3.63) is 28.7 Å². The molecule has 20 heavy (non-hydrogen) atoms. The van der Waals surface area contributed by atoms with Gasteiger partial charge in [-0.2, -0.15) is 4.31 Å². The van der Waals surface area contributed by atoms with Gasteiger partial charge in [0, 0.05) is 49.8 Å².